The fourth-order valence-electron chi connectivity index (χ4n) is 2.00. The number of nitrogens with two attached hydrogens (primary N) is 1. The van der Waals surface area contributed by atoms with Crippen molar-refractivity contribution >= 4 is 28.3 Å². The summed E-state index contributed by atoms with van der Waals surface area (Å²) in [6.07, 6.45) is 1.13. The van der Waals surface area contributed by atoms with Crippen molar-refractivity contribution in [3.8, 4) is 0 Å². The third-order valence-electron chi connectivity index (χ3n) is 2.77. The second-order valence-electron chi connectivity index (χ2n) is 3.92. The monoisotopic (exact) mass is 231 g/mol. The molecule has 0 amide bonds. The fourth-order valence-corrected chi connectivity index (χ4v) is 2.97. The topological polar surface area (TPSA) is 41.6 Å². The summed E-state index contributed by atoms with van der Waals surface area (Å²) in [6, 6.07) is 8.02. The van der Waals surface area contributed by atoms with Crippen LogP contribution in [-0.4, -0.2) is 23.2 Å². The average Bonchev–Trinajstić information content (AvgIpc) is 2.72. The van der Waals surface area contributed by atoms with Gasteiger partial charge in [-0.15, -0.1) is 0 Å². The molecule has 0 aromatic heterocycles. The van der Waals surface area contributed by atoms with Crippen molar-refractivity contribution in [2.24, 2.45) is 4.99 Å². The number of fused-ring (bicyclic) bond motifs is 1. The second-order valence-corrected chi connectivity index (χ2v) is 4.75. The molecule has 3 nitrogen and oxygen atoms in total. The van der Waals surface area contributed by atoms with Gasteiger partial charge in [-0.3, -0.25) is 4.99 Å². The Morgan fingerprint density at radius 1 is 1.38 bits per heavy atom. The Kier molecular flexibility index (Phi) is 2.36. The molecule has 2 heterocycles. The van der Waals surface area contributed by atoms with Crippen molar-refractivity contribution in [3.05, 3.63) is 35.2 Å². The van der Waals surface area contributed by atoms with Crippen molar-refractivity contribution in [2.75, 3.05) is 18.8 Å². The normalized spacial score (nSPS) is 19.1. The molecule has 2 N–H and O–H groups in total. The quantitative estimate of drug-likeness (QED) is 0.754. The molecule has 1 aromatic rings. The standard InChI is InChI=1S/C12H13N3S/c13-10-4-1-3-9(7-10)11-8-16-12-14-5-2-6-15(11)12/h1,3-4,7-8H,2,5-6,13H2. The van der Waals surface area contributed by atoms with Crippen LogP contribution in [0.4, 0.5) is 5.69 Å². The van der Waals surface area contributed by atoms with Crippen LogP contribution in [0.5, 0.6) is 0 Å². The molecule has 0 saturated heterocycles. The summed E-state index contributed by atoms with van der Waals surface area (Å²) in [7, 11) is 0. The van der Waals surface area contributed by atoms with Gasteiger partial charge in [-0.2, -0.15) is 0 Å². The van der Waals surface area contributed by atoms with Crippen LogP contribution in [0.15, 0.2) is 34.7 Å². The molecule has 0 radical (unpaired) electrons. The Labute approximate surface area is 99.0 Å². The number of hydrogen-bond acceptors (Lipinski definition) is 4. The van der Waals surface area contributed by atoms with Gasteiger partial charge in [0.25, 0.3) is 0 Å². The molecule has 3 rings (SSSR count). The van der Waals surface area contributed by atoms with Gasteiger partial charge in [0.1, 0.15) is 0 Å². The maximum Gasteiger partial charge on any atom is 0.168 e. The fraction of sp³-hybridized carbons (Fsp3) is 0.250. The predicted molar refractivity (Wildman–Crippen MR) is 70.0 cm³/mol. The van der Waals surface area contributed by atoms with Gasteiger partial charge in [0, 0.05) is 29.7 Å². The third kappa shape index (κ3) is 1.59. The number of anilines is 1. The Balaban J connectivity index is 1.97. The first-order valence-corrected chi connectivity index (χ1v) is 6.27. The minimum atomic E-state index is 0.811. The highest BCUT2D eigenvalue weighted by molar-refractivity contribution is 8.16. The number of amidine groups is 1. The van der Waals surface area contributed by atoms with Crippen molar-refractivity contribution in [2.45, 2.75) is 6.42 Å². The number of hydrogen-bond donors (Lipinski definition) is 1. The van der Waals surface area contributed by atoms with Gasteiger partial charge in [0.05, 0.1) is 5.70 Å². The maximum absolute atomic E-state index is 5.81. The number of rotatable bonds is 1. The van der Waals surface area contributed by atoms with Gasteiger partial charge in [0.15, 0.2) is 5.17 Å². The Morgan fingerprint density at radius 3 is 3.19 bits per heavy atom. The molecule has 0 bridgehead atoms. The van der Waals surface area contributed by atoms with E-state index >= 15 is 0 Å². The minimum Gasteiger partial charge on any atom is -0.399 e. The number of thioether (sulfide) groups is 1. The summed E-state index contributed by atoms with van der Waals surface area (Å²) >= 11 is 1.71. The lowest BCUT2D eigenvalue weighted by Gasteiger charge is -2.25. The molecule has 4 heteroatoms. The highest BCUT2D eigenvalue weighted by Gasteiger charge is 2.25. The van der Waals surface area contributed by atoms with Crippen molar-refractivity contribution in [3.63, 3.8) is 0 Å². The average molecular weight is 231 g/mol. The van der Waals surface area contributed by atoms with E-state index in [0.29, 0.717) is 0 Å². The van der Waals surface area contributed by atoms with Gasteiger partial charge in [0.2, 0.25) is 0 Å². The molecule has 0 unspecified atom stereocenters. The predicted octanol–water partition coefficient (Wildman–Crippen LogP) is 2.38. The third-order valence-corrected chi connectivity index (χ3v) is 3.67. The Hall–Kier alpha value is -1.42. The van der Waals surface area contributed by atoms with Crippen LogP contribution in [0.1, 0.15) is 12.0 Å². The Bertz CT molecular complexity index is 479. The van der Waals surface area contributed by atoms with Crippen LogP contribution in [0.25, 0.3) is 5.70 Å². The SMILES string of the molecule is Nc1cccc(C2=CSC3=NCCCN23)c1. The highest BCUT2D eigenvalue weighted by Crippen LogP contribution is 2.35. The molecule has 0 aliphatic carbocycles. The number of nitrogen functional groups attached to an aromatic ring is 1. The zero-order valence-electron chi connectivity index (χ0n) is 8.89. The zero-order valence-corrected chi connectivity index (χ0v) is 9.70. The zero-order chi connectivity index (χ0) is 11.0. The van der Waals surface area contributed by atoms with E-state index in [0.717, 1.165) is 30.4 Å². The van der Waals surface area contributed by atoms with E-state index in [1.54, 1.807) is 11.8 Å². The molecule has 16 heavy (non-hydrogen) atoms. The Morgan fingerprint density at radius 2 is 2.31 bits per heavy atom. The molecule has 0 atom stereocenters. The van der Waals surface area contributed by atoms with Gasteiger partial charge in [-0.05, 0) is 18.6 Å². The molecule has 1 aromatic carbocycles. The van der Waals surface area contributed by atoms with E-state index < -0.39 is 0 Å². The number of nitrogens with zero attached hydrogens (tertiary/aromatic N) is 2. The first-order valence-electron chi connectivity index (χ1n) is 5.39. The van der Waals surface area contributed by atoms with Crippen LogP contribution in [0.3, 0.4) is 0 Å². The van der Waals surface area contributed by atoms with Crippen LogP contribution in [-0.2, 0) is 0 Å². The molecule has 82 valence electrons. The lowest BCUT2D eigenvalue weighted by molar-refractivity contribution is 0.542. The minimum absolute atomic E-state index is 0.811. The summed E-state index contributed by atoms with van der Waals surface area (Å²) in [5.74, 6) is 0. The number of aliphatic imine (C=N–C) groups is 1. The van der Waals surface area contributed by atoms with E-state index in [1.165, 1.54) is 11.3 Å². The molecule has 2 aliphatic rings. The summed E-state index contributed by atoms with van der Waals surface area (Å²) in [6.45, 7) is 2.02. The van der Waals surface area contributed by atoms with Crippen molar-refractivity contribution < 1.29 is 0 Å². The summed E-state index contributed by atoms with van der Waals surface area (Å²) in [4.78, 5) is 6.79. The van der Waals surface area contributed by atoms with Crippen LogP contribution < -0.4 is 5.73 Å². The second kappa shape index (κ2) is 3.87. The lowest BCUT2D eigenvalue weighted by Crippen LogP contribution is -2.28. The largest absolute Gasteiger partial charge is 0.399 e. The van der Waals surface area contributed by atoms with E-state index in [1.807, 2.05) is 18.2 Å². The van der Waals surface area contributed by atoms with Gasteiger partial charge in [-0.1, -0.05) is 23.9 Å². The molecular formula is C12H13N3S. The first kappa shape index (κ1) is 9.78. The van der Waals surface area contributed by atoms with E-state index in [4.69, 9.17) is 5.73 Å². The van der Waals surface area contributed by atoms with Gasteiger partial charge in [-0.25, -0.2) is 0 Å². The van der Waals surface area contributed by atoms with Crippen molar-refractivity contribution in [1.82, 2.24) is 4.90 Å². The molecule has 0 fully saturated rings. The number of benzene rings is 1. The van der Waals surface area contributed by atoms with Gasteiger partial charge < -0.3 is 10.6 Å². The molecule has 2 aliphatic heterocycles. The molecular weight excluding hydrogens is 218 g/mol. The van der Waals surface area contributed by atoms with E-state index in [2.05, 4.69) is 21.4 Å². The highest BCUT2D eigenvalue weighted by atomic mass is 32.2. The molecule has 0 saturated carbocycles. The van der Waals surface area contributed by atoms with Crippen LogP contribution in [0, 0.1) is 0 Å². The first-order chi connectivity index (χ1) is 7.84. The smallest absolute Gasteiger partial charge is 0.168 e. The molecule has 0 spiro atoms. The van der Waals surface area contributed by atoms with Gasteiger partial charge >= 0.3 is 0 Å². The summed E-state index contributed by atoms with van der Waals surface area (Å²) < 4.78 is 0. The van der Waals surface area contributed by atoms with Crippen LogP contribution in [0.2, 0.25) is 0 Å². The van der Waals surface area contributed by atoms with Crippen molar-refractivity contribution in [1.29, 1.82) is 0 Å². The van der Waals surface area contributed by atoms with E-state index in [-0.39, 0.29) is 0 Å². The summed E-state index contributed by atoms with van der Waals surface area (Å²) in [5.41, 5.74) is 9.03. The van der Waals surface area contributed by atoms with E-state index in [9.17, 15) is 0 Å². The van der Waals surface area contributed by atoms with Crippen LogP contribution >= 0.6 is 11.8 Å². The lowest BCUT2D eigenvalue weighted by atomic mass is 10.1. The summed E-state index contributed by atoms with van der Waals surface area (Å²) in [5, 5.41) is 3.29. The maximum atomic E-state index is 5.81.